The molecule has 6 nitrogen and oxygen atoms in total. The number of ether oxygens (including phenoxy) is 1. The minimum absolute atomic E-state index is 0. The maximum absolute atomic E-state index is 6.84. The molecule has 62 heavy (non-hydrogen) atoms. The van der Waals surface area contributed by atoms with Crippen molar-refractivity contribution in [2.75, 3.05) is 0 Å². The third kappa shape index (κ3) is 6.42. The molecule has 0 radical (unpaired) electrons. The summed E-state index contributed by atoms with van der Waals surface area (Å²) >= 11 is 0. The van der Waals surface area contributed by atoms with Gasteiger partial charge >= 0.3 is 21.1 Å². The Balaban J connectivity index is 0.00000490. The molecular weight excluding hydrogens is 942 g/mol. The second-order valence-electron chi connectivity index (χ2n) is 17.4. The molecule has 4 aromatic heterocycles. The van der Waals surface area contributed by atoms with Crippen molar-refractivity contribution >= 4 is 43.6 Å². The number of nitrogens with zero attached hydrogens (tertiary/aromatic N) is 5. The summed E-state index contributed by atoms with van der Waals surface area (Å²) in [6, 6.07) is 46.1. The molecule has 4 heterocycles. The van der Waals surface area contributed by atoms with Crippen LogP contribution in [0.15, 0.2) is 115 Å². The van der Waals surface area contributed by atoms with Crippen LogP contribution in [0.1, 0.15) is 69.7 Å². The quantitative estimate of drug-likeness (QED) is 0.150. The van der Waals surface area contributed by atoms with E-state index in [1.807, 2.05) is 23.9 Å². The number of para-hydroxylation sites is 1. The van der Waals surface area contributed by atoms with Crippen molar-refractivity contribution in [2.45, 2.75) is 74.7 Å². The van der Waals surface area contributed by atoms with E-state index in [4.69, 9.17) is 14.8 Å². The smallest absolute Gasteiger partial charge is 0.509 e. The molecule has 0 aliphatic heterocycles. The summed E-state index contributed by atoms with van der Waals surface area (Å²) < 4.78 is 13.6. The molecule has 7 heteroatoms. The molecule has 0 bridgehead atoms. The summed E-state index contributed by atoms with van der Waals surface area (Å²) in [5.41, 5.74) is 17.7. The fraction of sp³-hybridized carbons (Fsp3) is 0.200. The van der Waals surface area contributed by atoms with Crippen LogP contribution < -0.4 is 4.74 Å². The van der Waals surface area contributed by atoms with E-state index in [-0.39, 0.29) is 26.5 Å². The Hall–Kier alpha value is -6.23. The van der Waals surface area contributed by atoms with Crippen molar-refractivity contribution in [3.63, 3.8) is 0 Å². The third-order valence-corrected chi connectivity index (χ3v) is 13.1. The second kappa shape index (κ2) is 15.3. The van der Waals surface area contributed by atoms with Gasteiger partial charge in [0.2, 0.25) is 0 Å². The topological polar surface area (TPSA) is 49.8 Å². The van der Waals surface area contributed by atoms with Gasteiger partial charge in [0.05, 0.1) is 22.4 Å². The van der Waals surface area contributed by atoms with E-state index in [2.05, 4.69) is 187 Å². The monoisotopic (exact) mass is 990 g/mol. The van der Waals surface area contributed by atoms with Crippen LogP contribution in [0.3, 0.4) is 0 Å². The van der Waals surface area contributed by atoms with Crippen LogP contribution >= 0.6 is 0 Å². The summed E-state index contributed by atoms with van der Waals surface area (Å²) in [5.74, 6) is 2.04. The third-order valence-electron chi connectivity index (χ3n) is 13.1. The maximum atomic E-state index is 6.84. The van der Waals surface area contributed by atoms with Gasteiger partial charge in [-0.3, -0.25) is 4.68 Å². The van der Waals surface area contributed by atoms with Crippen LogP contribution in [0.25, 0.3) is 60.8 Å². The van der Waals surface area contributed by atoms with Gasteiger partial charge in [0.15, 0.2) is 0 Å². The molecule has 0 N–H and O–H groups in total. The number of benzene rings is 6. The van der Waals surface area contributed by atoms with E-state index in [1.54, 1.807) is 0 Å². The normalized spacial score (nSPS) is 11.9. The molecule has 0 fully saturated rings. The first-order valence-corrected chi connectivity index (χ1v) is 21.1. The molecule has 0 aliphatic rings. The van der Waals surface area contributed by atoms with E-state index in [9.17, 15) is 0 Å². The van der Waals surface area contributed by atoms with Crippen LogP contribution in [-0.4, -0.2) is 23.9 Å². The zero-order chi connectivity index (χ0) is 42.5. The fourth-order valence-corrected chi connectivity index (χ4v) is 9.46. The van der Waals surface area contributed by atoms with Gasteiger partial charge in [-0.2, -0.15) is 11.2 Å². The van der Waals surface area contributed by atoms with Crippen molar-refractivity contribution in [1.29, 1.82) is 0 Å². The predicted molar refractivity (Wildman–Crippen MR) is 251 cm³/mol. The Bertz CT molecular complexity index is 3340. The first-order valence-electron chi connectivity index (χ1n) is 21.1. The molecule has 0 spiro atoms. The van der Waals surface area contributed by atoms with Gasteiger partial charge in [-0.15, -0.1) is 41.3 Å². The Labute approximate surface area is 378 Å². The minimum atomic E-state index is -0.323. The van der Waals surface area contributed by atoms with Gasteiger partial charge < -0.3 is 13.9 Å². The molecule has 310 valence electrons. The Morgan fingerprint density at radius 3 is 1.87 bits per heavy atom. The average molecular weight is 991 g/mol. The second-order valence-corrected chi connectivity index (χ2v) is 17.4. The van der Waals surface area contributed by atoms with Crippen molar-refractivity contribution in [3.05, 3.63) is 183 Å². The van der Waals surface area contributed by atoms with Crippen LogP contribution in [0.4, 0.5) is 0 Å². The minimum Gasteiger partial charge on any atom is -0.509 e. The summed E-state index contributed by atoms with van der Waals surface area (Å²) in [7, 11) is 0. The van der Waals surface area contributed by atoms with Crippen LogP contribution in [-0.2, 0) is 26.5 Å². The molecule has 0 saturated carbocycles. The van der Waals surface area contributed by atoms with E-state index < -0.39 is 0 Å². The number of fused-ring (bicyclic) bond motifs is 6. The van der Waals surface area contributed by atoms with Crippen LogP contribution in [0, 0.1) is 67.5 Å². The molecule has 0 atom stereocenters. The summed E-state index contributed by atoms with van der Waals surface area (Å²) in [6.07, 6.45) is 2.03. The van der Waals surface area contributed by atoms with Crippen molar-refractivity contribution in [2.24, 2.45) is 0 Å². The Morgan fingerprint density at radius 2 is 1.21 bits per heavy atom. The van der Waals surface area contributed by atoms with E-state index in [0.717, 1.165) is 67.1 Å². The maximum Gasteiger partial charge on any atom is 2.00 e. The molecule has 0 saturated heterocycles. The number of rotatable bonds is 7. The summed E-state index contributed by atoms with van der Waals surface area (Å²) in [4.78, 5) is 5.24. The largest absolute Gasteiger partial charge is 2.00 e. The van der Waals surface area contributed by atoms with Crippen LogP contribution in [0.2, 0.25) is 0 Å². The molecule has 10 rings (SSSR count). The SMILES string of the molecule is Cc1cc(C)n(-c2[c-]c(Oc3[c-]c4c(cc3)c3ccccc3n4-c3ncc(C)c(-n4c5c(C)c(C)ccc5c5ccc(C)c(C)c54)c3C)cc(C(C)(C)c3ccccc3)c2)n1.[Pt+2]. The van der Waals surface area contributed by atoms with Gasteiger partial charge in [-0.05, 0) is 117 Å². The molecule has 10 aromatic rings. The number of hydrogen-bond donors (Lipinski definition) is 0. The molecular formula is C55H49N5OPt. The van der Waals surface area contributed by atoms with Crippen LogP contribution in [0.5, 0.6) is 11.5 Å². The van der Waals surface area contributed by atoms with Gasteiger partial charge in [-0.1, -0.05) is 92.2 Å². The Kier molecular flexibility index (Phi) is 10.1. The molecule has 6 aromatic carbocycles. The van der Waals surface area contributed by atoms with E-state index in [0.29, 0.717) is 11.5 Å². The average Bonchev–Trinajstić information content (AvgIpc) is 3.89. The number of pyridine rings is 1. The van der Waals surface area contributed by atoms with Gasteiger partial charge in [0.25, 0.3) is 0 Å². The first kappa shape index (κ1) is 41.1. The zero-order valence-corrected chi connectivity index (χ0v) is 39.2. The number of aromatic nitrogens is 5. The fourth-order valence-electron chi connectivity index (χ4n) is 9.46. The van der Waals surface area contributed by atoms with Crippen molar-refractivity contribution < 1.29 is 25.8 Å². The van der Waals surface area contributed by atoms with Gasteiger partial charge in [0, 0.05) is 45.2 Å². The van der Waals surface area contributed by atoms with Gasteiger partial charge in [-0.25, -0.2) is 4.98 Å². The van der Waals surface area contributed by atoms with Crippen molar-refractivity contribution in [3.8, 4) is 28.7 Å². The summed E-state index contributed by atoms with van der Waals surface area (Å²) in [5, 5.41) is 9.57. The molecule has 0 aliphatic carbocycles. The summed E-state index contributed by atoms with van der Waals surface area (Å²) in [6.45, 7) is 21.9. The van der Waals surface area contributed by atoms with Gasteiger partial charge in [0.1, 0.15) is 5.82 Å². The zero-order valence-electron chi connectivity index (χ0n) is 36.9. The Morgan fingerprint density at radius 1 is 0.565 bits per heavy atom. The standard InChI is InChI=1S/C55H49N5O.Pt/c1-32-20-23-47-48-24-21-33(2)38(7)53(48)59(52(47)37(32)6)51-34(3)31-56-54(39(51)8)58-49-19-15-14-18-45(49)46-25-22-43(30-50(46)58)61-44-28-41(55(9,10)40-16-12-11-13-17-40)27-42(29-44)60-36(5)26-35(4)57-60;/h11-28,31H,1-10H3;/q-2;+2. The van der Waals surface area contributed by atoms with E-state index >= 15 is 0 Å². The first-order chi connectivity index (χ1) is 29.3. The number of aryl methyl sites for hydroxylation is 7. The van der Waals surface area contributed by atoms with E-state index in [1.165, 1.54) is 49.6 Å². The predicted octanol–water partition coefficient (Wildman–Crippen LogP) is 13.6. The molecule has 0 unspecified atom stereocenters. The van der Waals surface area contributed by atoms with Crippen molar-refractivity contribution in [1.82, 2.24) is 23.9 Å². The number of hydrogen-bond acceptors (Lipinski definition) is 3. The molecule has 0 amide bonds.